The van der Waals surface area contributed by atoms with Gasteiger partial charge in [0, 0.05) is 32.6 Å². The summed E-state index contributed by atoms with van der Waals surface area (Å²) >= 11 is 0. The molecule has 2 fully saturated rings. The SMILES string of the molecule is CN(C)CCCN1CC(C(=O)Nc2ccccc2N2CCOCC2)CC1=O. The second-order valence-electron chi connectivity index (χ2n) is 7.50. The van der Waals surface area contributed by atoms with E-state index in [1.807, 2.05) is 43.3 Å². The largest absolute Gasteiger partial charge is 0.378 e. The van der Waals surface area contributed by atoms with Crippen molar-refractivity contribution in [3.63, 3.8) is 0 Å². The normalized spacial score (nSPS) is 20.4. The van der Waals surface area contributed by atoms with Crippen LogP contribution in [0.25, 0.3) is 0 Å². The van der Waals surface area contributed by atoms with Crippen molar-refractivity contribution in [2.45, 2.75) is 12.8 Å². The minimum absolute atomic E-state index is 0.0702. The van der Waals surface area contributed by atoms with Crippen molar-refractivity contribution in [1.82, 2.24) is 9.80 Å². The van der Waals surface area contributed by atoms with Crippen LogP contribution < -0.4 is 10.2 Å². The number of nitrogens with zero attached hydrogens (tertiary/aromatic N) is 3. The molecule has 0 radical (unpaired) electrons. The van der Waals surface area contributed by atoms with Crippen LogP contribution in [0.4, 0.5) is 11.4 Å². The Balaban J connectivity index is 1.59. The lowest BCUT2D eigenvalue weighted by Gasteiger charge is -2.30. The fourth-order valence-corrected chi connectivity index (χ4v) is 3.64. The van der Waals surface area contributed by atoms with Gasteiger partial charge in [0.15, 0.2) is 0 Å². The molecule has 0 aliphatic carbocycles. The molecular formula is C20H30N4O3. The Morgan fingerprint density at radius 3 is 2.74 bits per heavy atom. The highest BCUT2D eigenvalue weighted by Crippen LogP contribution is 2.28. The standard InChI is InChI=1S/C20H30N4O3/c1-22(2)8-5-9-24-15-16(14-19(24)25)20(26)21-17-6-3-4-7-18(17)23-10-12-27-13-11-23/h3-4,6-7,16H,5,8-15H2,1-2H3,(H,21,26). The molecule has 7 nitrogen and oxygen atoms in total. The first-order valence-corrected chi connectivity index (χ1v) is 9.69. The molecule has 0 bridgehead atoms. The number of morpholine rings is 1. The zero-order valence-electron chi connectivity index (χ0n) is 16.3. The van der Waals surface area contributed by atoms with Gasteiger partial charge in [0.05, 0.1) is 30.5 Å². The Kier molecular flexibility index (Phi) is 6.68. The third-order valence-electron chi connectivity index (χ3n) is 5.13. The smallest absolute Gasteiger partial charge is 0.229 e. The van der Waals surface area contributed by atoms with Gasteiger partial charge in [0.2, 0.25) is 11.8 Å². The molecule has 1 atom stereocenters. The highest BCUT2D eigenvalue weighted by Gasteiger charge is 2.34. The number of ether oxygens (including phenoxy) is 1. The zero-order chi connectivity index (χ0) is 19.2. The Labute approximate surface area is 161 Å². The van der Waals surface area contributed by atoms with E-state index >= 15 is 0 Å². The molecule has 2 heterocycles. The average Bonchev–Trinajstić information content (AvgIpc) is 3.03. The fourth-order valence-electron chi connectivity index (χ4n) is 3.64. The summed E-state index contributed by atoms with van der Waals surface area (Å²) in [4.78, 5) is 31.2. The van der Waals surface area contributed by atoms with E-state index in [9.17, 15) is 9.59 Å². The molecule has 148 valence electrons. The number of anilines is 2. The fraction of sp³-hybridized carbons (Fsp3) is 0.600. The Morgan fingerprint density at radius 1 is 1.26 bits per heavy atom. The molecule has 1 N–H and O–H groups in total. The monoisotopic (exact) mass is 374 g/mol. The van der Waals surface area contributed by atoms with Gasteiger partial charge in [-0.1, -0.05) is 12.1 Å². The minimum Gasteiger partial charge on any atom is -0.378 e. The average molecular weight is 374 g/mol. The van der Waals surface area contributed by atoms with Gasteiger partial charge in [-0.25, -0.2) is 0 Å². The highest BCUT2D eigenvalue weighted by atomic mass is 16.5. The Hall–Kier alpha value is -2.12. The van der Waals surface area contributed by atoms with Crippen molar-refractivity contribution in [2.75, 3.05) is 70.2 Å². The zero-order valence-corrected chi connectivity index (χ0v) is 16.3. The van der Waals surface area contributed by atoms with E-state index in [1.165, 1.54) is 0 Å². The van der Waals surface area contributed by atoms with Crippen LogP contribution in [0.5, 0.6) is 0 Å². The predicted octanol–water partition coefficient (Wildman–Crippen LogP) is 1.26. The Morgan fingerprint density at radius 2 is 2.00 bits per heavy atom. The van der Waals surface area contributed by atoms with Crippen LogP contribution in [0.1, 0.15) is 12.8 Å². The van der Waals surface area contributed by atoms with E-state index in [1.54, 1.807) is 0 Å². The van der Waals surface area contributed by atoms with Gasteiger partial charge in [0.1, 0.15) is 0 Å². The number of nitrogens with one attached hydrogen (secondary N) is 1. The van der Waals surface area contributed by atoms with Crippen LogP contribution in [0.15, 0.2) is 24.3 Å². The van der Waals surface area contributed by atoms with Crippen LogP contribution >= 0.6 is 0 Å². The molecule has 2 aliphatic rings. The van der Waals surface area contributed by atoms with Crippen molar-refractivity contribution in [1.29, 1.82) is 0 Å². The summed E-state index contributed by atoms with van der Waals surface area (Å²) in [5.41, 5.74) is 1.82. The number of likely N-dealkylation sites (tertiary alicyclic amines) is 1. The van der Waals surface area contributed by atoms with Crippen LogP contribution in [-0.2, 0) is 14.3 Å². The molecule has 27 heavy (non-hydrogen) atoms. The van der Waals surface area contributed by atoms with E-state index in [4.69, 9.17) is 4.74 Å². The van der Waals surface area contributed by atoms with E-state index in [0.717, 1.165) is 37.4 Å². The third-order valence-corrected chi connectivity index (χ3v) is 5.13. The molecular weight excluding hydrogens is 344 g/mol. The van der Waals surface area contributed by atoms with Crippen molar-refractivity contribution in [3.8, 4) is 0 Å². The number of amides is 2. The summed E-state index contributed by atoms with van der Waals surface area (Å²) in [6.07, 6.45) is 1.22. The number of para-hydroxylation sites is 2. The van der Waals surface area contributed by atoms with E-state index in [2.05, 4.69) is 15.1 Å². The first-order valence-electron chi connectivity index (χ1n) is 9.69. The van der Waals surface area contributed by atoms with E-state index < -0.39 is 0 Å². The molecule has 0 aromatic heterocycles. The molecule has 2 amide bonds. The van der Waals surface area contributed by atoms with Gasteiger partial charge in [-0.05, 0) is 39.2 Å². The maximum absolute atomic E-state index is 12.8. The highest BCUT2D eigenvalue weighted by molar-refractivity contribution is 5.99. The molecule has 7 heteroatoms. The lowest BCUT2D eigenvalue weighted by Crippen LogP contribution is -2.37. The van der Waals surface area contributed by atoms with Crippen LogP contribution in [0, 0.1) is 5.92 Å². The van der Waals surface area contributed by atoms with Gasteiger partial charge in [-0.2, -0.15) is 0 Å². The molecule has 1 unspecified atom stereocenters. The number of hydrogen-bond donors (Lipinski definition) is 1. The molecule has 2 saturated heterocycles. The molecule has 0 spiro atoms. The number of hydrogen-bond acceptors (Lipinski definition) is 5. The maximum Gasteiger partial charge on any atom is 0.229 e. The summed E-state index contributed by atoms with van der Waals surface area (Å²) in [5, 5.41) is 3.06. The second kappa shape index (κ2) is 9.19. The van der Waals surface area contributed by atoms with Gasteiger partial charge >= 0.3 is 0 Å². The van der Waals surface area contributed by atoms with Crippen molar-refractivity contribution < 1.29 is 14.3 Å². The summed E-state index contributed by atoms with van der Waals surface area (Å²) in [6, 6.07) is 7.85. The second-order valence-corrected chi connectivity index (χ2v) is 7.50. The molecule has 0 saturated carbocycles. The van der Waals surface area contributed by atoms with Gasteiger partial charge in [-0.15, -0.1) is 0 Å². The lowest BCUT2D eigenvalue weighted by molar-refractivity contribution is -0.128. The van der Waals surface area contributed by atoms with Gasteiger partial charge in [0.25, 0.3) is 0 Å². The molecule has 1 aromatic carbocycles. The summed E-state index contributed by atoms with van der Waals surface area (Å²) in [7, 11) is 4.04. The van der Waals surface area contributed by atoms with Gasteiger partial charge in [-0.3, -0.25) is 9.59 Å². The van der Waals surface area contributed by atoms with Crippen LogP contribution in [0.3, 0.4) is 0 Å². The summed E-state index contributed by atoms with van der Waals surface area (Å²) < 4.78 is 5.42. The Bertz CT molecular complexity index is 658. The maximum atomic E-state index is 12.8. The minimum atomic E-state index is -0.283. The predicted molar refractivity (Wildman–Crippen MR) is 106 cm³/mol. The molecule has 2 aliphatic heterocycles. The molecule has 3 rings (SSSR count). The van der Waals surface area contributed by atoms with Gasteiger partial charge < -0.3 is 24.8 Å². The topological polar surface area (TPSA) is 65.1 Å². The van der Waals surface area contributed by atoms with E-state index in [-0.39, 0.29) is 17.7 Å². The first kappa shape index (κ1) is 19.6. The van der Waals surface area contributed by atoms with Crippen molar-refractivity contribution in [2.24, 2.45) is 5.92 Å². The number of rotatable bonds is 7. The van der Waals surface area contributed by atoms with Crippen LogP contribution in [-0.4, -0.2) is 81.6 Å². The number of carbonyl (C=O) groups is 2. The lowest BCUT2D eigenvalue weighted by atomic mass is 10.1. The number of benzene rings is 1. The molecule has 1 aromatic rings. The number of carbonyl (C=O) groups excluding carboxylic acids is 2. The summed E-state index contributed by atoms with van der Waals surface area (Å²) in [5.74, 6) is -0.274. The van der Waals surface area contributed by atoms with Crippen molar-refractivity contribution >= 4 is 23.2 Å². The summed E-state index contributed by atoms with van der Waals surface area (Å²) in [6.45, 7) is 5.18. The van der Waals surface area contributed by atoms with E-state index in [0.29, 0.717) is 32.7 Å². The van der Waals surface area contributed by atoms with Crippen molar-refractivity contribution in [3.05, 3.63) is 24.3 Å². The first-order chi connectivity index (χ1) is 13.0. The quantitative estimate of drug-likeness (QED) is 0.779. The van der Waals surface area contributed by atoms with Crippen LogP contribution in [0.2, 0.25) is 0 Å². The third kappa shape index (κ3) is 5.20.